The van der Waals surface area contributed by atoms with Crippen LogP contribution in [-0.4, -0.2) is 53.6 Å². The molecule has 1 saturated heterocycles. The summed E-state index contributed by atoms with van der Waals surface area (Å²) in [5, 5.41) is 13.8. The van der Waals surface area contributed by atoms with E-state index in [2.05, 4.69) is 10.3 Å². The zero-order chi connectivity index (χ0) is 32.8. The van der Waals surface area contributed by atoms with E-state index in [1.807, 2.05) is 84.9 Å². The Labute approximate surface area is 272 Å². The number of nitrogens with one attached hydrogen (secondary N) is 1. The Hall–Kier alpha value is -5.29. The van der Waals surface area contributed by atoms with Gasteiger partial charge < -0.3 is 29.4 Å². The molecule has 0 saturated carbocycles. The number of nitrogens with zero attached hydrogens (tertiary/aromatic N) is 2. The van der Waals surface area contributed by atoms with Crippen LogP contribution >= 0.6 is 0 Å². The van der Waals surface area contributed by atoms with Crippen molar-refractivity contribution < 1.29 is 28.8 Å². The summed E-state index contributed by atoms with van der Waals surface area (Å²) in [6, 6.07) is 35.3. The summed E-state index contributed by atoms with van der Waals surface area (Å²) >= 11 is 0. The zero-order valence-electron chi connectivity index (χ0n) is 26.0. The fourth-order valence-electron chi connectivity index (χ4n) is 5.80. The number of anilines is 1. The van der Waals surface area contributed by atoms with Gasteiger partial charge in [0.05, 0.1) is 26.9 Å². The standard InChI is InChI=1S/C37H35N3O7/c1-44-29-17-13-27(14-18-29)37(26-11-7-4-8-12-26,28-15-19-30(45-2)20-16-28)46-24-32-31(41)23-34(47-32)40-22-21-33(39-36(40)43)38-35(42)25-9-5-3-6-10-25/h3-22,31-32,34,41H,23-24H2,1-2H3,(H,38,39,42,43)/t31-,32+,34-/m0/s1. The smallest absolute Gasteiger partial charge is 0.351 e. The van der Waals surface area contributed by atoms with Crippen LogP contribution in [0.5, 0.6) is 11.5 Å². The Morgan fingerprint density at radius 1 is 0.851 bits per heavy atom. The van der Waals surface area contributed by atoms with Gasteiger partial charge in [-0.3, -0.25) is 9.36 Å². The Morgan fingerprint density at radius 3 is 1.96 bits per heavy atom. The Bertz CT molecular complexity index is 1800. The maximum atomic E-state index is 13.0. The van der Waals surface area contributed by atoms with Crippen molar-refractivity contribution in [3.05, 3.63) is 154 Å². The number of carbonyl (C=O) groups excluding carboxylic acids is 1. The number of ether oxygens (including phenoxy) is 4. The lowest BCUT2D eigenvalue weighted by Gasteiger charge is -2.37. The van der Waals surface area contributed by atoms with Gasteiger partial charge in [-0.25, -0.2) is 4.79 Å². The van der Waals surface area contributed by atoms with E-state index in [0.717, 1.165) is 16.7 Å². The molecule has 0 bridgehead atoms. The molecule has 1 amide bonds. The van der Waals surface area contributed by atoms with Gasteiger partial charge >= 0.3 is 5.69 Å². The van der Waals surface area contributed by atoms with Gasteiger partial charge in [-0.2, -0.15) is 4.98 Å². The van der Waals surface area contributed by atoms with Crippen LogP contribution in [0.2, 0.25) is 0 Å². The van der Waals surface area contributed by atoms with Gasteiger partial charge in [0.15, 0.2) is 0 Å². The van der Waals surface area contributed by atoms with E-state index >= 15 is 0 Å². The number of rotatable bonds is 11. The number of carbonyl (C=O) groups is 1. The molecule has 3 atom stereocenters. The Kier molecular flexibility index (Phi) is 9.44. The highest BCUT2D eigenvalue weighted by atomic mass is 16.6. The van der Waals surface area contributed by atoms with Crippen molar-refractivity contribution in [3.63, 3.8) is 0 Å². The highest BCUT2D eigenvalue weighted by Gasteiger charge is 2.42. The predicted molar refractivity (Wildman–Crippen MR) is 176 cm³/mol. The normalized spacial score (nSPS) is 17.6. The first-order chi connectivity index (χ1) is 22.9. The van der Waals surface area contributed by atoms with Crippen LogP contribution in [0.25, 0.3) is 0 Å². The molecular formula is C37H35N3O7. The maximum absolute atomic E-state index is 13.0. The third-order valence-corrected chi connectivity index (χ3v) is 8.26. The van der Waals surface area contributed by atoms with E-state index in [-0.39, 0.29) is 24.8 Å². The monoisotopic (exact) mass is 633 g/mol. The second kappa shape index (κ2) is 14.0. The van der Waals surface area contributed by atoms with Crippen LogP contribution in [-0.2, 0) is 15.1 Å². The lowest BCUT2D eigenvalue weighted by molar-refractivity contribution is -0.0944. The van der Waals surface area contributed by atoms with Gasteiger partial charge in [-0.05, 0) is 59.2 Å². The summed E-state index contributed by atoms with van der Waals surface area (Å²) in [6.45, 7) is -0.00197. The molecule has 0 unspecified atom stereocenters. The van der Waals surface area contributed by atoms with Crippen molar-refractivity contribution in [3.8, 4) is 11.5 Å². The second-order valence-electron chi connectivity index (χ2n) is 11.1. The van der Waals surface area contributed by atoms with E-state index in [1.54, 1.807) is 38.5 Å². The molecule has 1 aromatic heterocycles. The number of amides is 1. The van der Waals surface area contributed by atoms with Crippen LogP contribution in [0.4, 0.5) is 5.82 Å². The fraction of sp³-hybridized carbons (Fsp3) is 0.216. The number of methoxy groups -OCH3 is 2. The maximum Gasteiger partial charge on any atom is 0.351 e. The number of aliphatic hydroxyl groups is 1. The van der Waals surface area contributed by atoms with E-state index in [0.29, 0.717) is 17.1 Å². The number of aliphatic hydroxyl groups excluding tert-OH is 1. The molecule has 6 rings (SSSR count). The highest BCUT2D eigenvalue weighted by molar-refractivity contribution is 6.03. The van der Waals surface area contributed by atoms with E-state index in [9.17, 15) is 14.7 Å². The number of hydrogen-bond donors (Lipinski definition) is 2. The van der Waals surface area contributed by atoms with Gasteiger partial charge in [0.1, 0.15) is 35.2 Å². The van der Waals surface area contributed by atoms with Crippen LogP contribution in [0, 0.1) is 0 Å². The average Bonchev–Trinajstić information content (AvgIpc) is 3.49. The number of benzene rings is 4. The molecule has 10 heteroatoms. The minimum Gasteiger partial charge on any atom is -0.497 e. The van der Waals surface area contributed by atoms with Gasteiger partial charge in [0.2, 0.25) is 0 Å². The molecule has 1 aliphatic heterocycles. The van der Waals surface area contributed by atoms with E-state index in [4.69, 9.17) is 18.9 Å². The highest BCUT2D eigenvalue weighted by Crippen LogP contribution is 2.42. The number of hydrogen-bond acceptors (Lipinski definition) is 8. The Morgan fingerprint density at radius 2 is 1.40 bits per heavy atom. The summed E-state index contributed by atoms with van der Waals surface area (Å²) < 4.78 is 25.3. The number of aromatic nitrogens is 2. The quantitative estimate of drug-likeness (QED) is 0.191. The minimum absolute atomic E-state index is 0.00197. The molecule has 0 spiro atoms. The molecular weight excluding hydrogens is 598 g/mol. The topological polar surface area (TPSA) is 121 Å². The molecule has 2 heterocycles. The molecule has 0 radical (unpaired) electrons. The van der Waals surface area contributed by atoms with Gasteiger partial charge in [0, 0.05) is 18.2 Å². The molecule has 5 aromatic rings. The summed E-state index contributed by atoms with van der Waals surface area (Å²) in [7, 11) is 3.23. The largest absolute Gasteiger partial charge is 0.497 e. The lowest BCUT2D eigenvalue weighted by atomic mass is 9.80. The van der Waals surface area contributed by atoms with Gasteiger partial charge in [-0.1, -0.05) is 72.8 Å². The van der Waals surface area contributed by atoms with Crippen molar-refractivity contribution in [1.82, 2.24) is 9.55 Å². The Balaban J connectivity index is 1.26. The summed E-state index contributed by atoms with van der Waals surface area (Å²) in [5.41, 5.74) is 1.27. The summed E-state index contributed by atoms with van der Waals surface area (Å²) in [5.74, 6) is 1.14. The predicted octanol–water partition coefficient (Wildman–Crippen LogP) is 5.17. The first kappa shape index (κ1) is 31.7. The molecule has 1 fully saturated rings. The van der Waals surface area contributed by atoms with Gasteiger partial charge in [-0.15, -0.1) is 0 Å². The lowest BCUT2D eigenvalue weighted by Crippen LogP contribution is -2.38. The minimum atomic E-state index is -1.10. The van der Waals surface area contributed by atoms with E-state index < -0.39 is 29.7 Å². The molecule has 10 nitrogen and oxygen atoms in total. The molecule has 2 N–H and O–H groups in total. The van der Waals surface area contributed by atoms with Crippen molar-refractivity contribution in [1.29, 1.82) is 0 Å². The van der Waals surface area contributed by atoms with Crippen molar-refractivity contribution >= 4 is 11.7 Å². The third kappa shape index (κ3) is 6.66. The fourth-order valence-corrected chi connectivity index (χ4v) is 5.80. The first-order valence-electron chi connectivity index (χ1n) is 15.2. The van der Waals surface area contributed by atoms with Crippen LogP contribution in [0.15, 0.2) is 126 Å². The molecule has 0 aliphatic carbocycles. The molecule has 4 aromatic carbocycles. The molecule has 1 aliphatic rings. The van der Waals surface area contributed by atoms with Crippen molar-refractivity contribution in [2.24, 2.45) is 0 Å². The van der Waals surface area contributed by atoms with Crippen LogP contribution in [0.1, 0.15) is 39.7 Å². The van der Waals surface area contributed by atoms with Crippen LogP contribution < -0.4 is 20.5 Å². The summed E-state index contributed by atoms with van der Waals surface area (Å²) in [6.07, 6.45) is -0.826. The molecule has 47 heavy (non-hydrogen) atoms. The zero-order valence-corrected chi connectivity index (χ0v) is 26.0. The van der Waals surface area contributed by atoms with Crippen molar-refractivity contribution in [2.75, 3.05) is 26.1 Å². The SMILES string of the molecule is COc1ccc(C(OC[C@H]2O[C@H](n3ccc(NC(=O)c4ccccc4)nc3=O)C[C@@H]2O)(c2ccccc2)c2ccc(OC)cc2)cc1. The van der Waals surface area contributed by atoms with Gasteiger partial charge in [0.25, 0.3) is 5.91 Å². The van der Waals surface area contributed by atoms with Crippen LogP contribution in [0.3, 0.4) is 0 Å². The van der Waals surface area contributed by atoms with E-state index in [1.165, 1.54) is 16.8 Å². The van der Waals surface area contributed by atoms with Crippen molar-refractivity contribution in [2.45, 2.75) is 30.5 Å². The molecule has 240 valence electrons. The summed E-state index contributed by atoms with van der Waals surface area (Å²) in [4.78, 5) is 29.6. The average molecular weight is 634 g/mol. The third-order valence-electron chi connectivity index (χ3n) is 8.26. The first-order valence-corrected chi connectivity index (χ1v) is 15.2. The second-order valence-corrected chi connectivity index (χ2v) is 11.1.